The Morgan fingerprint density at radius 3 is 1.57 bits per heavy atom. The van der Waals surface area contributed by atoms with Gasteiger partial charge in [0.2, 0.25) is 0 Å². The molecule has 63 heavy (non-hydrogen) atoms. The van der Waals surface area contributed by atoms with Crippen molar-refractivity contribution < 1.29 is 28.4 Å². The quantitative estimate of drug-likeness (QED) is 0.0431. The van der Waals surface area contributed by atoms with Crippen molar-refractivity contribution in [1.29, 1.82) is 0 Å². The molecule has 0 aromatic heterocycles. The van der Waals surface area contributed by atoms with Crippen molar-refractivity contribution in [2.45, 2.75) is 185 Å². The molecule has 0 bridgehead atoms. The zero-order chi connectivity index (χ0) is 43.8. The monoisotopic (exact) mass is 860 g/mol. The predicted molar refractivity (Wildman–Crippen MR) is 255 cm³/mol. The van der Waals surface area contributed by atoms with Gasteiger partial charge in [0.15, 0.2) is 5.79 Å². The van der Waals surface area contributed by atoms with Gasteiger partial charge in [-0.1, -0.05) is 217 Å². The fourth-order valence-electron chi connectivity index (χ4n) is 8.95. The van der Waals surface area contributed by atoms with Crippen molar-refractivity contribution in [3.63, 3.8) is 0 Å². The molecule has 1 fully saturated rings. The van der Waals surface area contributed by atoms with Crippen LogP contribution < -0.4 is 5.32 Å². The van der Waals surface area contributed by atoms with E-state index in [9.17, 15) is 0 Å². The first-order chi connectivity index (χ1) is 31.0. The van der Waals surface area contributed by atoms with Gasteiger partial charge < -0.3 is 33.7 Å². The number of unbranched alkanes of at least 4 members (excludes halogenated alkanes) is 11. The van der Waals surface area contributed by atoms with E-state index < -0.39 is 18.0 Å². The Balaban J connectivity index is 1.16. The van der Waals surface area contributed by atoms with Gasteiger partial charge in [-0.25, -0.2) is 0 Å². The first kappa shape index (κ1) is 48.8. The lowest BCUT2D eigenvalue weighted by Gasteiger charge is -2.36. The summed E-state index contributed by atoms with van der Waals surface area (Å²) in [6.45, 7) is 8.79. The van der Waals surface area contributed by atoms with E-state index in [0.29, 0.717) is 39.4 Å². The summed E-state index contributed by atoms with van der Waals surface area (Å²) in [5, 5.41) is 3.88. The highest BCUT2D eigenvalue weighted by atomic mass is 16.8. The normalized spacial score (nSPS) is 22.5. The maximum absolute atomic E-state index is 7.14. The summed E-state index contributed by atoms with van der Waals surface area (Å²) in [5.41, 5.74) is 4.52. The van der Waals surface area contributed by atoms with Crippen LogP contribution in [0, 0.1) is 0 Å². The Morgan fingerprint density at radius 1 is 0.556 bits per heavy atom. The van der Waals surface area contributed by atoms with Gasteiger partial charge in [0.05, 0.1) is 44.7 Å². The van der Waals surface area contributed by atoms with Gasteiger partial charge in [0, 0.05) is 6.54 Å². The SMILES string of the molecule is CCCCCCCCCCCCCC[C@@H]1OC(C)(C)O[C@@H]1[C@@H](CO[C@@H]1CC=C[C@H](OCc2ccccc2)[C@H](OCc2ccccc2)[C@H]1OCc1ccccc1)NCc1ccccc1. The lowest BCUT2D eigenvalue weighted by Crippen LogP contribution is -2.51. The minimum Gasteiger partial charge on any atom is -0.373 e. The molecule has 7 nitrogen and oxygen atoms in total. The smallest absolute Gasteiger partial charge is 0.163 e. The summed E-state index contributed by atoms with van der Waals surface area (Å²) in [7, 11) is 0. The topological polar surface area (TPSA) is 67.4 Å². The van der Waals surface area contributed by atoms with Crippen LogP contribution in [0.1, 0.15) is 133 Å². The molecule has 4 aromatic rings. The highest BCUT2D eigenvalue weighted by Gasteiger charge is 2.46. The van der Waals surface area contributed by atoms with E-state index in [-0.39, 0.29) is 30.5 Å². The molecule has 1 saturated heterocycles. The maximum Gasteiger partial charge on any atom is 0.163 e. The van der Waals surface area contributed by atoms with Crippen LogP contribution in [0.15, 0.2) is 133 Å². The standard InChI is InChI=1S/C56H77NO6/c1-4-5-6-7-8-9-10-11-12-13-14-27-37-52-53(63-56(2,3)62-52)49(57-40-45-29-19-15-20-30-45)44-59-51-39-28-38-50(58-41-46-31-21-16-22-32-46)54(60-42-47-33-23-17-24-34-47)55(51)61-43-48-35-25-18-26-36-48/h15-26,28-36,38,49-55,57H,4-14,27,37,39-44H2,1-3H3/t49-,50+,51-,52+,53-,54+,55+/m1/s1. The van der Waals surface area contributed by atoms with Crippen molar-refractivity contribution in [2.24, 2.45) is 0 Å². The highest BCUT2D eigenvalue weighted by molar-refractivity contribution is 5.17. The number of benzene rings is 4. The fraction of sp³-hybridized carbons (Fsp3) is 0.536. The fourth-order valence-corrected chi connectivity index (χ4v) is 8.95. The second kappa shape index (κ2) is 27.6. The summed E-state index contributed by atoms with van der Waals surface area (Å²) in [4.78, 5) is 0. The van der Waals surface area contributed by atoms with Gasteiger partial charge in [-0.2, -0.15) is 0 Å². The maximum atomic E-state index is 7.14. The molecular weight excluding hydrogens is 783 g/mol. The zero-order valence-electron chi connectivity index (χ0n) is 38.6. The highest BCUT2D eigenvalue weighted by Crippen LogP contribution is 2.34. The number of hydrogen-bond donors (Lipinski definition) is 1. The third-order valence-electron chi connectivity index (χ3n) is 12.4. The van der Waals surface area contributed by atoms with Crippen molar-refractivity contribution in [3.05, 3.63) is 156 Å². The van der Waals surface area contributed by atoms with Crippen LogP contribution in [0.4, 0.5) is 0 Å². The van der Waals surface area contributed by atoms with Crippen molar-refractivity contribution in [3.8, 4) is 0 Å². The minimum atomic E-state index is -0.689. The summed E-state index contributed by atoms with van der Waals surface area (Å²) < 4.78 is 41.2. The van der Waals surface area contributed by atoms with Crippen LogP contribution in [-0.4, -0.2) is 55.1 Å². The van der Waals surface area contributed by atoms with E-state index in [0.717, 1.165) is 29.5 Å². The Bertz CT molecular complexity index is 1790. The zero-order valence-corrected chi connectivity index (χ0v) is 38.6. The van der Waals surface area contributed by atoms with E-state index in [4.69, 9.17) is 28.4 Å². The van der Waals surface area contributed by atoms with Crippen LogP contribution in [0.2, 0.25) is 0 Å². The average molecular weight is 860 g/mol. The first-order valence-electron chi connectivity index (χ1n) is 24.3. The Kier molecular flexibility index (Phi) is 21.4. The lowest BCUT2D eigenvalue weighted by molar-refractivity contribution is -0.180. The number of hydrogen-bond acceptors (Lipinski definition) is 7. The third kappa shape index (κ3) is 17.3. The largest absolute Gasteiger partial charge is 0.373 e. The molecule has 0 saturated carbocycles. The molecule has 4 aromatic carbocycles. The predicted octanol–water partition coefficient (Wildman–Crippen LogP) is 12.9. The molecule has 7 heteroatoms. The van der Waals surface area contributed by atoms with Crippen molar-refractivity contribution >= 4 is 0 Å². The van der Waals surface area contributed by atoms with E-state index in [1.165, 1.54) is 76.2 Å². The molecule has 7 atom stereocenters. The molecule has 2 aliphatic rings. The molecule has 1 aliphatic heterocycles. The second-order valence-corrected chi connectivity index (χ2v) is 18.1. The molecular formula is C56H77NO6. The summed E-state index contributed by atoms with van der Waals surface area (Å²) >= 11 is 0. The molecule has 342 valence electrons. The number of nitrogens with one attached hydrogen (secondary N) is 1. The molecule has 0 amide bonds. The average Bonchev–Trinajstić information content (AvgIpc) is 3.52. The molecule has 1 heterocycles. The minimum absolute atomic E-state index is 0.0446. The van der Waals surface area contributed by atoms with E-state index in [2.05, 4.69) is 103 Å². The van der Waals surface area contributed by atoms with Crippen LogP contribution in [0.5, 0.6) is 0 Å². The third-order valence-corrected chi connectivity index (χ3v) is 12.4. The van der Waals surface area contributed by atoms with Gasteiger partial charge in [-0.05, 0) is 48.9 Å². The summed E-state index contributed by atoms with van der Waals surface area (Å²) in [6, 6.07) is 41.4. The Morgan fingerprint density at radius 2 is 1.03 bits per heavy atom. The molecule has 6 rings (SSSR count). The van der Waals surface area contributed by atoms with Crippen LogP contribution in [0.25, 0.3) is 0 Å². The van der Waals surface area contributed by atoms with Crippen molar-refractivity contribution in [1.82, 2.24) is 5.32 Å². The summed E-state index contributed by atoms with van der Waals surface area (Å²) in [6.07, 6.45) is 20.1. The van der Waals surface area contributed by atoms with Crippen LogP contribution in [0.3, 0.4) is 0 Å². The van der Waals surface area contributed by atoms with Crippen LogP contribution >= 0.6 is 0 Å². The van der Waals surface area contributed by atoms with Gasteiger partial charge in [-0.3, -0.25) is 0 Å². The van der Waals surface area contributed by atoms with Crippen LogP contribution in [-0.2, 0) is 54.8 Å². The molecule has 1 N–H and O–H groups in total. The van der Waals surface area contributed by atoms with E-state index in [1.54, 1.807) is 0 Å². The van der Waals surface area contributed by atoms with E-state index >= 15 is 0 Å². The van der Waals surface area contributed by atoms with Crippen molar-refractivity contribution in [2.75, 3.05) is 6.61 Å². The number of rotatable bonds is 29. The molecule has 1 aliphatic carbocycles. The van der Waals surface area contributed by atoms with Gasteiger partial charge >= 0.3 is 0 Å². The van der Waals surface area contributed by atoms with Gasteiger partial charge in [0.25, 0.3) is 0 Å². The molecule has 0 spiro atoms. The lowest BCUT2D eigenvalue weighted by atomic mass is 9.98. The molecule has 0 unspecified atom stereocenters. The van der Waals surface area contributed by atoms with E-state index in [1.807, 2.05) is 56.3 Å². The molecule has 0 radical (unpaired) electrons. The second-order valence-electron chi connectivity index (χ2n) is 18.1. The number of ether oxygens (including phenoxy) is 6. The van der Waals surface area contributed by atoms with Gasteiger partial charge in [0.1, 0.15) is 24.4 Å². The Hall–Kier alpha value is -3.66. The van der Waals surface area contributed by atoms with Gasteiger partial charge in [-0.15, -0.1) is 0 Å². The first-order valence-corrected chi connectivity index (χ1v) is 24.3. The summed E-state index contributed by atoms with van der Waals surface area (Å²) in [5.74, 6) is -0.689. The Labute approximate surface area is 380 Å².